The molecule has 2 aliphatic rings. The monoisotopic (exact) mass is 636 g/mol. The molecular formula is C47H28N2O. The van der Waals surface area contributed by atoms with E-state index < -0.39 is 5.41 Å². The standard InChI is InChI=1S/C47H28N2O/c1-3-15-29(16-4-1)40-28-41(30-17-5-2-6-18-30)49-46(48-40)35-27-39-43(44-34-22-10-14-26-42(34)50-45(35)44)33-21-9-13-25-38(33)47(39)36-23-11-7-19-31(36)32-20-8-12-24-37(32)47/h1-28H. The highest BCUT2D eigenvalue weighted by atomic mass is 16.3. The third-order valence-electron chi connectivity index (χ3n) is 10.7. The first-order valence-corrected chi connectivity index (χ1v) is 17.1. The highest BCUT2D eigenvalue weighted by Crippen LogP contribution is 2.64. The van der Waals surface area contributed by atoms with Gasteiger partial charge in [-0.2, -0.15) is 0 Å². The first-order chi connectivity index (χ1) is 24.8. The molecule has 2 aromatic heterocycles. The summed E-state index contributed by atoms with van der Waals surface area (Å²) in [6.45, 7) is 0. The number of furan rings is 1. The van der Waals surface area contributed by atoms with Gasteiger partial charge in [-0.1, -0.05) is 152 Å². The van der Waals surface area contributed by atoms with E-state index in [4.69, 9.17) is 14.4 Å². The molecule has 232 valence electrons. The minimum Gasteiger partial charge on any atom is -0.455 e. The molecular weight excluding hydrogens is 609 g/mol. The third-order valence-corrected chi connectivity index (χ3v) is 10.7. The quantitative estimate of drug-likeness (QED) is 0.194. The molecule has 11 rings (SSSR count). The van der Waals surface area contributed by atoms with Crippen LogP contribution in [-0.2, 0) is 5.41 Å². The van der Waals surface area contributed by atoms with Crippen molar-refractivity contribution in [3.8, 4) is 56.2 Å². The molecule has 0 saturated heterocycles. The van der Waals surface area contributed by atoms with Crippen LogP contribution in [0.3, 0.4) is 0 Å². The predicted molar refractivity (Wildman–Crippen MR) is 202 cm³/mol. The van der Waals surface area contributed by atoms with E-state index in [9.17, 15) is 0 Å². The summed E-state index contributed by atoms with van der Waals surface area (Å²) in [5.74, 6) is 0.641. The fraction of sp³-hybridized carbons (Fsp3) is 0.0213. The zero-order valence-corrected chi connectivity index (χ0v) is 27.0. The fourth-order valence-electron chi connectivity index (χ4n) is 8.71. The molecule has 0 fully saturated rings. The van der Waals surface area contributed by atoms with Crippen LogP contribution in [0.5, 0.6) is 0 Å². The lowest BCUT2D eigenvalue weighted by molar-refractivity contribution is 0.669. The molecule has 0 amide bonds. The second-order valence-electron chi connectivity index (χ2n) is 13.2. The van der Waals surface area contributed by atoms with Crippen molar-refractivity contribution in [3.63, 3.8) is 0 Å². The van der Waals surface area contributed by atoms with Crippen molar-refractivity contribution in [1.29, 1.82) is 0 Å². The second kappa shape index (κ2) is 10.2. The summed E-state index contributed by atoms with van der Waals surface area (Å²) in [6.07, 6.45) is 0. The van der Waals surface area contributed by atoms with Crippen molar-refractivity contribution in [1.82, 2.24) is 9.97 Å². The maximum absolute atomic E-state index is 6.88. The molecule has 0 atom stereocenters. The Morgan fingerprint density at radius 1 is 0.420 bits per heavy atom. The van der Waals surface area contributed by atoms with E-state index in [0.717, 1.165) is 50.0 Å². The summed E-state index contributed by atoms with van der Waals surface area (Å²) in [6, 6.07) is 60.4. The van der Waals surface area contributed by atoms with Gasteiger partial charge >= 0.3 is 0 Å². The Morgan fingerprint density at radius 3 is 1.54 bits per heavy atom. The average Bonchev–Trinajstić information content (AvgIpc) is 3.82. The molecule has 1 spiro atoms. The van der Waals surface area contributed by atoms with Crippen LogP contribution >= 0.6 is 0 Å². The Hall–Kier alpha value is -6.58. The van der Waals surface area contributed by atoms with Crippen molar-refractivity contribution in [2.45, 2.75) is 5.41 Å². The van der Waals surface area contributed by atoms with Crippen LogP contribution in [0.2, 0.25) is 0 Å². The topological polar surface area (TPSA) is 38.9 Å². The smallest absolute Gasteiger partial charge is 0.164 e. The summed E-state index contributed by atoms with van der Waals surface area (Å²) in [5.41, 5.74) is 16.0. The van der Waals surface area contributed by atoms with Gasteiger partial charge in [0, 0.05) is 21.9 Å². The minimum absolute atomic E-state index is 0.514. The lowest BCUT2D eigenvalue weighted by atomic mass is 9.70. The lowest BCUT2D eigenvalue weighted by Crippen LogP contribution is -2.25. The normalized spacial score (nSPS) is 13.4. The van der Waals surface area contributed by atoms with Crippen molar-refractivity contribution < 1.29 is 4.42 Å². The van der Waals surface area contributed by atoms with E-state index in [0.29, 0.717) is 5.82 Å². The van der Waals surface area contributed by atoms with Crippen molar-refractivity contribution in [2.75, 3.05) is 0 Å². The molecule has 3 heteroatoms. The molecule has 9 aromatic rings. The molecule has 7 aromatic carbocycles. The van der Waals surface area contributed by atoms with E-state index in [2.05, 4.69) is 152 Å². The van der Waals surface area contributed by atoms with Gasteiger partial charge in [-0.3, -0.25) is 0 Å². The van der Waals surface area contributed by atoms with Crippen molar-refractivity contribution in [2.24, 2.45) is 0 Å². The molecule has 0 radical (unpaired) electrons. The maximum atomic E-state index is 6.88. The van der Waals surface area contributed by atoms with E-state index >= 15 is 0 Å². The Morgan fingerprint density at radius 2 is 0.920 bits per heavy atom. The lowest BCUT2D eigenvalue weighted by Gasteiger charge is -2.30. The molecule has 0 bridgehead atoms. The summed E-state index contributed by atoms with van der Waals surface area (Å²) >= 11 is 0. The van der Waals surface area contributed by atoms with Gasteiger partial charge in [0.25, 0.3) is 0 Å². The fourth-order valence-corrected chi connectivity index (χ4v) is 8.71. The van der Waals surface area contributed by atoms with Gasteiger partial charge in [0.1, 0.15) is 11.2 Å². The highest BCUT2D eigenvalue weighted by Gasteiger charge is 2.52. The van der Waals surface area contributed by atoms with Crippen LogP contribution in [0, 0.1) is 0 Å². The van der Waals surface area contributed by atoms with Gasteiger partial charge in [-0.25, -0.2) is 9.97 Å². The highest BCUT2D eigenvalue weighted by molar-refractivity contribution is 6.19. The number of hydrogen-bond donors (Lipinski definition) is 0. The SMILES string of the molecule is c1ccc(-c2cc(-c3ccccc3)nc(-c3cc4c(c5c3oc3ccccc35)-c3ccccc3C43c4ccccc4-c4ccccc43)n2)cc1. The number of rotatable bonds is 3. The van der Waals surface area contributed by atoms with E-state index in [1.165, 1.54) is 44.5 Å². The summed E-state index contributed by atoms with van der Waals surface area (Å²) in [5, 5.41) is 2.20. The number of benzene rings is 7. The van der Waals surface area contributed by atoms with E-state index in [-0.39, 0.29) is 0 Å². The molecule has 2 aliphatic carbocycles. The molecule has 3 nitrogen and oxygen atoms in total. The maximum Gasteiger partial charge on any atom is 0.164 e. The number of hydrogen-bond acceptors (Lipinski definition) is 3. The first-order valence-electron chi connectivity index (χ1n) is 17.1. The number of para-hydroxylation sites is 1. The average molecular weight is 637 g/mol. The van der Waals surface area contributed by atoms with Crippen molar-refractivity contribution in [3.05, 3.63) is 192 Å². The van der Waals surface area contributed by atoms with Gasteiger partial charge in [0.2, 0.25) is 0 Å². The van der Waals surface area contributed by atoms with E-state index in [1.54, 1.807) is 0 Å². The second-order valence-corrected chi connectivity index (χ2v) is 13.2. The Kier molecular flexibility index (Phi) is 5.59. The van der Waals surface area contributed by atoms with Crippen LogP contribution in [0.4, 0.5) is 0 Å². The van der Waals surface area contributed by atoms with Crippen LogP contribution in [-0.4, -0.2) is 9.97 Å². The molecule has 0 aliphatic heterocycles. The van der Waals surface area contributed by atoms with E-state index in [1.807, 2.05) is 18.2 Å². The predicted octanol–water partition coefficient (Wildman–Crippen LogP) is 11.7. The Balaban J connectivity index is 1.32. The molecule has 0 N–H and O–H groups in total. The van der Waals surface area contributed by atoms with Crippen LogP contribution < -0.4 is 0 Å². The van der Waals surface area contributed by atoms with Crippen LogP contribution in [0.1, 0.15) is 22.3 Å². The van der Waals surface area contributed by atoms with Gasteiger partial charge in [0.05, 0.1) is 22.4 Å². The molecule has 0 saturated carbocycles. The summed E-state index contributed by atoms with van der Waals surface area (Å²) < 4.78 is 6.88. The van der Waals surface area contributed by atoms with Crippen LogP contribution in [0.25, 0.3) is 78.1 Å². The molecule has 50 heavy (non-hydrogen) atoms. The van der Waals surface area contributed by atoms with Gasteiger partial charge < -0.3 is 4.42 Å². The zero-order valence-electron chi connectivity index (χ0n) is 27.0. The summed E-state index contributed by atoms with van der Waals surface area (Å²) in [7, 11) is 0. The molecule has 2 heterocycles. The Labute approximate surface area is 289 Å². The first kappa shape index (κ1) is 27.4. The summed E-state index contributed by atoms with van der Waals surface area (Å²) in [4.78, 5) is 10.7. The molecule has 0 unspecified atom stereocenters. The van der Waals surface area contributed by atoms with Crippen molar-refractivity contribution >= 4 is 21.9 Å². The number of fused-ring (bicyclic) bond motifs is 14. The zero-order chi connectivity index (χ0) is 32.8. The largest absolute Gasteiger partial charge is 0.455 e. The third kappa shape index (κ3) is 3.58. The minimum atomic E-state index is -0.514. The van der Waals surface area contributed by atoms with Gasteiger partial charge in [-0.05, 0) is 62.7 Å². The number of nitrogens with zero attached hydrogens (tertiary/aromatic N) is 2. The van der Waals surface area contributed by atoms with Crippen LogP contribution in [0.15, 0.2) is 174 Å². The Bertz CT molecular complexity index is 2710. The number of aromatic nitrogens is 2. The van der Waals surface area contributed by atoms with Gasteiger partial charge in [-0.15, -0.1) is 0 Å². The van der Waals surface area contributed by atoms with Gasteiger partial charge in [0.15, 0.2) is 5.82 Å².